The van der Waals surface area contributed by atoms with Crippen molar-refractivity contribution >= 4 is 12.0 Å². The molecular formula is C25H41NO3. The zero-order chi connectivity index (χ0) is 21.2. The molecule has 1 aromatic rings. The molecule has 0 unspecified atom stereocenters. The molecule has 0 aliphatic heterocycles. The molecule has 0 saturated heterocycles. The molecule has 1 rings (SSSR count). The normalized spacial score (nSPS) is 11.2. The highest BCUT2D eigenvalue weighted by atomic mass is 16.3. The van der Waals surface area contributed by atoms with Crippen LogP contribution < -0.4 is 5.32 Å². The fourth-order valence-electron chi connectivity index (χ4n) is 3.41. The fraction of sp³-hybridized carbons (Fsp3) is 0.640. The minimum Gasteiger partial charge on any atom is -0.504 e. The number of rotatable bonds is 17. The molecule has 0 aromatic heterocycles. The number of carbonyl (C=O) groups excluding carboxylic acids is 1. The van der Waals surface area contributed by atoms with Crippen LogP contribution in [0.3, 0.4) is 0 Å². The summed E-state index contributed by atoms with van der Waals surface area (Å²) >= 11 is 0. The van der Waals surface area contributed by atoms with E-state index < -0.39 is 0 Å². The molecule has 0 aliphatic carbocycles. The second-order valence-electron chi connectivity index (χ2n) is 7.97. The first-order chi connectivity index (χ1) is 14.1. The van der Waals surface area contributed by atoms with Gasteiger partial charge < -0.3 is 15.5 Å². The monoisotopic (exact) mass is 403 g/mol. The lowest BCUT2D eigenvalue weighted by atomic mass is 10.0. The number of hydrogen-bond acceptors (Lipinski definition) is 3. The topological polar surface area (TPSA) is 69.6 Å². The van der Waals surface area contributed by atoms with Gasteiger partial charge in [-0.3, -0.25) is 4.79 Å². The first-order valence-corrected chi connectivity index (χ1v) is 11.6. The Bertz CT molecular complexity index is 583. The summed E-state index contributed by atoms with van der Waals surface area (Å²) in [5.74, 6) is -0.480. The van der Waals surface area contributed by atoms with E-state index in [9.17, 15) is 15.0 Å². The van der Waals surface area contributed by atoms with Crippen LogP contribution in [0, 0.1) is 0 Å². The maximum absolute atomic E-state index is 11.8. The number of hydrogen-bond donors (Lipinski definition) is 3. The summed E-state index contributed by atoms with van der Waals surface area (Å²) in [6.45, 7) is 2.96. The second kappa shape index (κ2) is 16.9. The third-order valence-corrected chi connectivity index (χ3v) is 5.26. The Morgan fingerprint density at radius 3 is 1.83 bits per heavy atom. The van der Waals surface area contributed by atoms with Crippen molar-refractivity contribution < 1.29 is 15.0 Å². The van der Waals surface area contributed by atoms with Gasteiger partial charge in [0.2, 0.25) is 5.91 Å². The molecule has 1 amide bonds. The SMILES string of the molecule is CCCCCCCCCCCCCCCCNC(=O)C=Cc1ccc(O)c(O)c1. The third-order valence-electron chi connectivity index (χ3n) is 5.26. The number of phenolic OH excluding ortho intramolecular Hbond substituents is 2. The number of carbonyl (C=O) groups is 1. The van der Waals surface area contributed by atoms with Gasteiger partial charge in [0.05, 0.1) is 0 Å². The third kappa shape index (κ3) is 13.8. The van der Waals surface area contributed by atoms with E-state index in [0.717, 1.165) is 12.8 Å². The van der Waals surface area contributed by atoms with Gasteiger partial charge in [-0.05, 0) is 30.2 Å². The minimum atomic E-state index is -0.185. The predicted molar refractivity (Wildman–Crippen MR) is 122 cm³/mol. The van der Waals surface area contributed by atoms with E-state index in [-0.39, 0.29) is 17.4 Å². The van der Waals surface area contributed by atoms with Crippen molar-refractivity contribution in [3.63, 3.8) is 0 Å². The van der Waals surface area contributed by atoms with Crippen molar-refractivity contribution in [1.29, 1.82) is 0 Å². The second-order valence-corrected chi connectivity index (χ2v) is 7.97. The van der Waals surface area contributed by atoms with Gasteiger partial charge >= 0.3 is 0 Å². The molecule has 0 spiro atoms. The average Bonchev–Trinajstić information content (AvgIpc) is 2.71. The summed E-state index contributed by atoms with van der Waals surface area (Å²) in [6.07, 6.45) is 21.7. The van der Waals surface area contributed by atoms with Gasteiger partial charge in [-0.2, -0.15) is 0 Å². The zero-order valence-electron chi connectivity index (χ0n) is 18.3. The number of nitrogens with one attached hydrogen (secondary N) is 1. The Labute approximate surface area is 177 Å². The Hall–Kier alpha value is -1.97. The zero-order valence-corrected chi connectivity index (χ0v) is 18.3. The largest absolute Gasteiger partial charge is 0.504 e. The van der Waals surface area contributed by atoms with E-state index in [4.69, 9.17) is 0 Å². The highest BCUT2D eigenvalue weighted by Gasteiger charge is 2.00. The first kappa shape index (κ1) is 25.1. The molecule has 0 saturated carbocycles. The Balaban J connectivity index is 1.89. The van der Waals surface area contributed by atoms with Gasteiger partial charge in [0.15, 0.2) is 11.5 Å². The summed E-state index contributed by atoms with van der Waals surface area (Å²) in [5, 5.41) is 21.6. The molecule has 4 heteroatoms. The van der Waals surface area contributed by atoms with Crippen molar-refractivity contribution in [3.05, 3.63) is 29.8 Å². The summed E-state index contributed by atoms with van der Waals surface area (Å²) in [5.41, 5.74) is 0.673. The number of benzene rings is 1. The Morgan fingerprint density at radius 2 is 1.31 bits per heavy atom. The van der Waals surface area contributed by atoms with E-state index >= 15 is 0 Å². The van der Waals surface area contributed by atoms with Crippen LogP contribution in [0.4, 0.5) is 0 Å². The molecule has 0 aliphatic rings. The average molecular weight is 404 g/mol. The number of phenols is 2. The molecule has 0 fully saturated rings. The highest BCUT2D eigenvalue weighted by molar-refractivity contribution is 5.91. The summed E-state index contributed by atoms with van der Waals surface area (Å²) < 4.78 is 0. The molecule has 0 bridgehead atoms. The van der Waals surface area contributed by atoms with Gasteiger partial charge in [-0.25, -0.2) is 0 Å². The van der Waals surface area contributed by atoms with Gasteiger partial charge in [-0.15, -0.1) is 0 Å². The van der Waals surface area contributed by atoms with Gasteiger partial charge in [0.25, 0.3) is 0 Å². The van der Waals surface area contributed by atoms with Crippen LogP contribution in [-0.2, 0) is 4.79 Å². The lowest BCUT2D eigenvalue weighted by Gasteiger charge is -2.04. The fourth-order valence-corrected chi connectivity index (χ4v) is 3.41. The molecule has 4 nitrogen and oxygen atoms in total. The van der Waals surface area contributed by atoms with Crippen molar-refractivity contribution in [2.24, 2.45) is 0 Å². The summed E-state index contributed by atoms with van der Waals surface area (Å²) in [4.78, 5) is 11.8. The van der Waals surface area contributed by atoms with Crippen molar-refractivity contribution in [2.75, 3.05) is 6.54 Å². The Kier molecular flexibility index (Phi) is 14.6. The number of amides is 1. The Morgan fingerprint density at radius 1 is 0.793 bits per heavy atom. The maximum Gasteiger partial charge on any atom is 0.243 e. The van der Waals surface area contributed by atoms with Crippen LogP contribution in [0.15, 0.2) is 24.3 Å². The maximum atomic E-state index is 11.8. The molecule has 1 aromatic carbocycles. The van der Waals surface area contributed by atoms with Gasteiger partial charge in [-0.1, -0.05) is 96.5 Å². The summed E-state index contributed by atoms with van der Waals surface area (Å²) in [7, 11) is 0. The number of aromatic hydroxyl groups is 2. The quantitative estimate of drug-likeness (QED) is 0.154. The van der Waals surface area contributed by atoms with Crippen molar-refractivity contribution in [2.45, 2.75) is 96.8 Å². The van der Waals surface area contributed by atoms with Crippen LogP contribution in [0.5, 0.6) is 11.5 Å². The molecule has 29 heavy (non-hydrogen) atoms. The smallest absolute Gasteiger partial charge is 0.243 e. The lowest BCUT2D eigenvalue weighted by molar-refractivity contribution is -0.116. The van der Waals surface area contributed by atoms with Crippen LogP contribution in [-0.4, -0.2) is 22.7 Å². The highest BCUT2D eigenvalue weighted by Crippen LogP contribution is 2.25. The minimum absolute atomic E-state index is 0.132. The van der Waals surface area contributed by atoms with Crippen LogP contribution >= 0.6 is 0 Å². The molecule has 0 atom stereocenters. The predicted octanol–water partition coefficient (Wildman–Crippen LogP) is 6.71. The van der Waals surface area contributed by atoms with Crippen LogP contribution in [0.25, 0.3) is 6.08 Å². The number of unbranched alkanes of at least 4 members (excludes halogenated alkanes) is 13. The van der Waals surface area contributed by atoms with Gasteiger partial charge in [0.1, 0.15) is 0 Å². The molecular weight excluding hydrogens is 362 g/mol. The van der Waals surface area contributed by atoms with E-state index in [1.54, 1.807) is 12.1 Å². The standard InChI is InChI=1S/C25H41NO3/c1-2-3-4-5-6-7-8-9-10-11-12-13-14-15-20-26-25(29)19-17-22-16-18-23(27)24(28)21-22/h16-19,21,27-28H,2-15,20H2,1H3,(H,26,29). The van der Waals surface area contributed by atoms with Crippen LogP contribution in [0.2, 0.25) is 0 Å². The lowest BCUT2D eigenvalue weighted by Crippen LogP contribution is -2.21. The van der Waals surface area contributed by atoms with Crippen molar-refractivity contribution in [3.8, 4) is 11.5 Å². The molecule has 164 valence electrons. The van der Waals surface area contributed by atoms with E-state index in [2.05, 4.69) is 12.2 Å². The summed E-state index contributed by atoms with van der Waals surface area (Å²) in [6, 6.07) is 4.47. The van der Waals surface area contributed by atoms with E-state index in [1.165, 1.54) is 95.3 Å². The van der Waals surface area contributed by atoms with E-state index in [1.807, 2.05) is 0 Å². The molecule has 0 radical (unpaired) electrons. The molecule has 0 heterocycles. The molecule has 3 N–H and O–H groups in total. The first-order valence-electron chi connectivity index (χ1n) is 11.6. The van der Waals surface area contributed by atoms with E-state index in [0.29, 0.717) is 12.1 Å². The van der Waals surface area contributed by atoms with Crippen LogP contribution in [0.1, 0.15) is 102 Å². The van der Waals surface area contributed by atoms with Gasteiger partial charge in [0, 0.05) is 12.6 Å². The van der Waals surface area contributed by atoms with Crippen molar-refractivity contribution in [1.82, 2.24) is 5.32 Å².